The molecule has 2 heterocycles. The van der Waals surface area contributed by atoms with Gasteiger partial charge in [-0.3, -0.25) is 4.90 Å². The molecule has 6 atom stereocenters. The van der Waals surface area contributed by atoms with Gasteiger partial charge in [-0.15, -0.1) is 0 Å². The number of hydrogen-bond acceptors (Lipinski definition) is 6. The van der Waals surface area contributed by atoms with Crippen LogP contribution in [-0.4, -0.2) is 81.4 Å². The van der Waals surface area contributed by atoms with E-state index in [1.807, 2.05) is 5.32 Å². The third-order valence-electron chi connectivity index (χ3n) is 3.07. The Morgan fingerprint density at radius 3 is 2.61 bits per heavy atom. The Kier molecular flexibility index (Phi) is 3.69. The van der Waals surface area contributed by atoms with E-state index in [0.29, 0.717) is 0 Å². The number of hydrogen-bond donors (Lipinski definition) is 5. The van der Waals surface area contributed by atoms with Crippen molar-refractivity contribution >= 4 is 6.03 Å². The summed E-state index contributed by atoms with van der Waals surface area (Å²) in [7, 11) is 0. The molecule has 2 saturated heterocycles. The summed E-state index contributed by atoms with van der Waals surface area (Å²) in [4.78, 5) is 12.4. The van der Waals surface area contributed by atoms with Crippen molar-refractivity contribution in [3.05, 3.63) is 0 Å². The highest BCUT2D eigenvalue weighted by Gasteiger charge is 2.49. The van der Waals surface area contributed by atoms with Crippen LogP contribution in [0.1, 0.15) is 0 Å². The Balaban J connectivity index is 2.10. The maximum atomic E-state index is 13.3. The van der Waals surface area contributed by atoms with Gasteiger partial charge in [0.05, 0.1) is 13.2 Å². The highest BCUT2D eigenvalue weighted by Crippen LogP contribution is 2.26. The average molecular weight is 266 g/mol. The fraction of sp³-hybridized carbons (Fsp3) is 0.889. The number of urea groups is 1. The molecule has 0 bridgehead atoms. The lowest BCUT2D eigenvalue weighted by Crippen LogP contribution is -2.62. The van der Waals surface area contributed by atoms with Crippen molar-refractivity contribution in [2.75, 3.05) is 13.2 Å². The van der Waals surface area contributed by atoms with Crippen molar-refractivity contribution in [3.8, 4) is 0 Å². The van der Waals surface area contributed by atoms with Crippen molar-refractivity contribution < 1.29 is 34.3 Å². The fourth-order valence-electron chi connectivity index (χ4n) is 2.03. The van der Waals surface area contributed by atoms with Crippen molar-refractivity contribution in [2.45, 2.75) is 36.9 Å². The van der Waals surface area contributed by atoms with Gasteiger partial charge in [0.25, 0.3) is 0 Å². The van der Waals surface area contributed by atoms with Crippen LogP contribution in [0.25, 0.3) is 0 Å². The third-order valence-corrected chi connectivity index (χ3v) is 3.07. The number of nitrogens with one attached hydrogen (secondary N) is 1. The molecule has 0 aromatic carbocycles. The Morgan fingerprint density at radius 2 is 2.06 bits per heavy atom. The van der Waals surface area contributed by atoms with Crippen molar-refractivity contribution in [1.82, 2.24) is 10.2 Å². The smallest absolute Gasteiger partial charge is 0.321 e. The third kappa shape index (κ3) is 2.15. The summed E-state index contributed by atoms with van der Waals surface area (Å²) in [6, 6.07) is -0.814. The van der Waals surface area contributed by atoms with Crippen LogP contribution >= 0.6 is 0 Å². The molecule has 2 aliphatic rings. The Labute approximate surface area is 102 Å². The molecule has 2 amide bonds. The van der Waals surface area contributed by atoms with Crippen molar-refractivity contribution in [1.29, 1.82) is 0 Å². The van der Waals surface area contributed by atoms with E-state index >= 15 is 0 Å². The molecule has 0 radical (unpaired) electrons. The van der Waals surface area contributed by atoms with Crippen LogP contribution in [0.15, 0.2) is 0 Å². The standard InChI is InChI=1S/C9H15FN2O6/c10-3-1-12(9(17)11-7(3)16)8-6(15)5(14)4(2-13)18-8/h3-8,13-16H,1-2H2,(H,11,17)/t3?,4-,5-,6+,7?,8-/m1/s1. The SMILES string of the molecule is O=C1NC(O)C(F)CN1[C@@H]1O[C@H](CO)[C@@H](O)[C@@H]1O. The lowest BCUT2D eigenvalue weighted by atomic mass is 10.1. The first-order valence-corrected chi connectivity index (χ1v) is 5.47. The average Bonchev–Trinajstić information content (AvgIpc) is 2.61. The quantitative estimate of drug-likeness (QED) is 0.365. The number of carbonyl (C=O) groups excluding carboxylic acids is 1. The summed E-state index contributed by atoms with van der Waals surface area (Å²) in [5.41, 5.74) is 0. The molecule has 2 unspecified atom stereocenters. The minimum Gasteiger partial charge on any atom is -0.394 e. The van der Waals surface area contributed by atoms with E-state index in [9.17, 15) is 19.4 Å². The summed E-state index contributed by atoms with van der Waals surface area (Å²) < 4.78 is 18.4. The predicted octanol–water partition coefficient (Wildman–Crippen LogP) is -2.89. The van der Waals surface area contributed by atoms with Crippen LogP contribution in [0.2, 0.25) is 0 Å². The normalized spacial score (nSPS) is 45.2. The number of alkyl halides is 1. The van der Waals surface area contributed by atoms with Gasteiger partial charge in [-0.2, -0.15) is 0 Å². The summed E-state index contributed by atoms with van der Waals surface area (Å²) in [6.07, 6.45) is -8.45. The van der Waals surface area contributed by atoms with Crippen LogP contribution in [0, 0.1) is 0 Å². The molecule has 0 saturated carbocycles. The highest BCUT2D eigenvalue weighted by molar-refractivity contribution is 5.75. The zero-order chi connectivity index (χ0) is 13.4. The lowest BCUT2D eigenvalue weighted by molar-refractivity contribution is -0.102. The van der Waals surface area contributed by atoms with Gasteiger partial charge < -0.3 is 30.5 Å². The lowest BCUT2D eigenvalue weighted by Gasteiger charge is -2.37. The topological polar surface area (TPSA) is 122 Å². The summed E-state index contributed by atoms with van der Waals surface area (Å²) in [6.45, 7) is -1.01. The number of rotatable bonds is 2. The molecule has 0 aromatic rings. The van der Waals surface area contributed by atoms with E-state index < -0.39 is 56.1 Å². The first kappa shape index (κ1) is 13.4. The van der Waals surface area contributed by atoms with E-state index in [1.54, 1.807) is 0 Å². The molecule has 18 heavy (non-hydrogen) atoms. The number of halogens is 1. The van der Waals surface area contributed by atoms with Gasteiger partial charge in [0.2, 0.25) is 0 Å². The van der Waals surface area contributed by atoms with Gasteiger partial charge in [-0.1, -0.05) is 0 Å². The van der Waals surface area contributed by atoms with Crippen LogP contribution in [0.5, 0.6) is 0 Å². The predicted molar refractivity (Wildman–Crippen MR) is 53.9 cm³/mol. The van der Waals surface area contributed by atoms with Gasteiger partial charge in [-0.05, 0) is 0 Å². The molecule has 2 fully saturated rings. The molecule has 0 aromatic heterocycles. The number of amides is 2. The van der Waals surface area contributed by atoms with Gasteiger partial charge in [0.1, 0.15) is 18.3 Å². The molecule has 2 aliphatic heterocycles. The summed E-state index contributed by atoms with van der Waals surface area (Å²) in [5, 5.41) is 39.2. The van der Waals surface area contributed by atoms with E-state index in [1.165, 1.54) is 0 Å². The molecule has 0 aliphatic carbocycles. The Bertz CT molecular complexity index is 332. The first-order valence-electron chi connectivity index (χ1n) is 5.47. The molecule has 8 nitrogen and oxygen atoms in total. The minimum atomic E-state index is -1.73. The number of ether oxygens (including phenoxy) is 1. The number of aliphatic hydroxyl groups is 4. The highest BCUT2D eigenvalue weighted by atomic mass is 19.1. The second-order valence-electron chi connectivity index (χ2n) is 4.29. The molecule has 104 valence electrons. The molecule has 9 heteroatoms. The number of carbonyl (C=O) groups is 1. The Hall–Kier alpha value is -1.00. The largest absolute Gasteiger partial charge is 0.394 e. The van der Waals surface area contributed by atoms with Crippen molar-refractivity contribution in [3.63, 3.8) is 0 Å². The monoisotopic (exact) mass is 266 g/mol. The van der Waals surface area contributed by atoms with Crippen LogP contribution in [-0.2, 0) is 4.74 Å². The fourth-order valence-corrected chi connectivity index (χ4v) is 2.03. The van der Waals surface area contributed by atoms with Gasteiger partial charge in [0, 0.05) is 0 Å². The minimum absolute atomic E-state index is 0.473. The second kappa shape index (κ2) is 4.94. The summed E-state index contributed by atoms with van der Waals surface area (Å²) in [5.74, 6) is 0. The van der Waals surface area contributed by atoms with Gasteiger partial charge in [0.15, 0.2) is 18.6 Å². The van der Waals surface area contributed by atoms with E-state index in [4.69, 9.17) is 14.9 Å². The Morgan fingerprint density at radius 1 is 1.39 bits per heavy atom. The van der Waals surface area contributed by atoms with Crippen molar-refractivity contribution in [2.24, 2.45) is 0 Å². The molecular weight excluding hydrogens is 251 g/mol. The van der Waals surface area contributed by atoms with Gasteiger partial charge >= 0.3 is 6.03 Å². The second-order valence-corrected chi connectivity index (χ2v) is 4.29. The van der Waals surface area contributed by atoms with E-state index in [2.05, 4.69) is 0 Å². The molecular formula is C9H15FN2O6. The zero-order valence-corrected chi connectivity index (χ0v) is 9.31. The van der Waals surface area contributed by atoms with E-state index in [0.717, 1.165) is 4.90 Å². The van der Waals surface area contributed by atoms with Crippen LogP contribution in [0.3, 0.4) is 0 Å². The molecule has 0 spiro atoms. The molecule has 2 rings (SSSR count). The first-order chi connectivity index (χ1) is 8.45. The van der Waals surface area contributed by atoms with E-state index in [-0.39, 0.29) is 0 Å². The molecule has 5 N–H and O–H groups in total. The number of aliphatic hydroxyl groups excluding tert-OH is 4. The number of nitrogens with zero attached hydrogens (tertiary/aromatic N) is 1. The maximum absolute atomic E-state index is 13.3. The zero-order valence-electron chi connectivity index (χ0n) is 9.31. The van der Waals surface area contributed by atoms with Crippen LogP contribution < -0.4 is 5.32 Å². The van der Waals surface area contributed by atoms with Crippen LogP contribution in [0.4, 0.5) is 9.18 Å². The maximum Gasteiger partial charge on any atom is 0.321 e. The van der Waals surface area contributed by atoms with Gasteiger partial charge in [-0.25, -0.2) is 9.18 Å². The summed E-state index contributed by atoms with van der Waals surface area (Å²) >= 11 is 0.